The Hall–Kier alpha value is -0.577. The second-order valence-electron chi connectivity index (χ2n) is 7.98. The third kappa shape index (κ3) is 6.71. The van der Waals surface area contributed by atoms with Crippen LogP contribution in [0.5, 0.6) is 0 Å². The zero-order valence-corrected chi connectivity index (χ0v) is 23.5. The van der Waals surface area contributed by atoms with Gasteiger partial charge in [-0.25, -0.2) is 5.57 Å². The predicted octanol–water partition coefficient (Wildman–Crippen LogP) is 7.99. The van der Waals surface area contributed by atoms with Gasteiger partial charge in [-0.2, -0.15) is 11.1 Å². The molecule has 4 rings (SSSR count). The number of fused-ring (bicyclic) bond motifs is 1. The zero-order chi connectivity index (χ0) is 22.3. The number of hydrogen-bond donors (Lipinski definition) is 0. The second-order valence-corrected chi connectivity index (χ2v) is 13.0. The zero-order valence-electron chi connectivity index (χ0n) is 18.5. The summed E-state index contributed by atoms with van der Waals surface area (Å²) in [5.41, 5.74) is 5.81. The molecule has 3 aromatic carbocycles. The Morgan fingerprint density at radius 2 is 1.47 bits per heavy atom. The number of halogens is 2. The second kappa shape index (κ2) is 11.9. The normalized spacial score (nSPS) is 14.7. The van der Waals surface area contributed by atoms with Crippen LogP contribution < -0.4 is 10.6 Å². The summed E-state index contributed by atoms with van der Waals surface area (Å²) in [6.07, 6.45) is 3.44. The third-order valence-corrected chi connectivity index (χ3v) is 7.14. The summed E-state index contributed by atoms with van der Waals surface area (Å²) in [6.45, 7) is 13.1. The van der Waals surface area contributed by atoms with E-state index in [0.717, 1.165) is 8.58 Å². The van der Waals surface area contributed by atoms with E-state index in [9.17, 15) is 0 Å². The molecule has 1 atom stereocenters. The first-order valence-electron chi connectivity index (χ1n) is 9.94. The van der Waals surface area contributed by atoms with Gasteiger partial charge in [-0.1, -0.05) is 76.4 Å². The Morgan fingerprint density at radius 1 is 0.900 bits per heavy atom. The topological polar surface area (TPSA) is 0 Å². The first kappa shape index (κ1) is 25.7. The molecule has 0 nitrogen and oxygen atoms in total. The van der Waals surface area contributed by atoms with Crippen LogP contribution in [0.3, 0.4) is 0 Å². The molecule has 156 valence electrons. The van der Waals surface area contributed by atoms with E-state index in [-0.39, 0.29) is 5.41 Å². The van der Waals surface area contributed by atoms with Crippen LogP contribution in [0.15, 0.2) is 77.4 Å². The monoisotopic (exact) mass is 532 g/mol. The quantitative estimate of drug-likeness (QED) is 0.231. The van der Waals surface area contributed by atoms with Gasteiger partial charge in [0.05, 0.1) is 0 Å². The van der Waals surface area contributed by atoms with E-state index in [1.54, 1.807) is 0 Å². The third-order valence-electron chi connectivity index (χ3n) is 5.60. The van der Waals surface area contributed by atoms with Gasteiger partial charge in [0.15, 0.2) is 0 Å². The van der Waals surface area contributed by atoms with E-state index in [2.05, 4.69) is 108 Å². The maximum atomic E-state index is 4.93. The number of rotatable bonds is 2. The molecule has 0 amide bonds. The average molecular weight is 535 g/mol. The Morgan fingerprint density at radius 3 is 1.97 bits per heavy atom. The van der Waals surface area contributed by atoms with Crippen molar-refractivity contribution >= 4 is 47.0 Å². The molecule has 0 saturated heterocycles. The summed E-state index contributed by atoms with van der Waals surface area (Å²) in [5, 5.41) is 5.68. The molecule has 0 aliphatic heterocycles. The van der Waals surface area contributed by atoms with Gasteiger partial charge in [-0.05, 0) is 5.30 Å². The summed E-state index contributed by atoms with van der Waals surface area (Å²) in [7, 11) is 10.6. The van der Waals surface area contributed by atoms with Crippen LogP contribution in [0, 0.1) is 18.4 Å². The van der Waals surface area contributed by atoms with E-state index >= 15 is 0 Å². The minimum atomic E-state index is -0.826. The van der Waals surface area contributed by atoms with Crippen molar-refractivity contribution in [2.75, 3.05) is 0 Å². The SMILES string of the molecule is CC1=[C-]C(C)(C)C(C)=C1C.Cc1[cH-]c2ccccc2c1Pc1ccccc1.[Cl][Zr+2][Cl]. The van der Waals surface area contributed by atoms with Gasteiger partial charge >= 0.3 is 37.9 Å². The molecule has 1 aliphatic carbocycles. The van der Waals surface area contributed by atoms with Gasteiger partial charge < -0.3 is 0 Å². The molecule has 3 aromatic rings. The summed E-state index contributed by atoms with van der Waals surface area (Å²) in [6, 6.07) is 21.7. The maximum absolute atomic E-state index is 4.93. The van der Waals surface area contributed by atoms with Crippen molar-refractivity contribution in [3.63, 3.8) is 0 Å². The van der Waals surface area contributed by atoms with Gasteiger partial charge in [0, 0.05) is 0 Å². The van der Waals surface area contributed by atoms with Crippen molar-refractivity contribution < 1.29 is 20.8 Å². The van der Waals surface area contributed by atoms with Crippen molar-refractivity contribution in [1.82, 2.24) is 0 Å². The molecular weight excluding hydrogens is 505 g/mol. The van der Waals surface area contributed by atoms with Crippen LogP contribution in [0.1, 0.15) is 40.2 Å². The van der Waals surface area contributed by atoms with Crippen LogP contribution in [0.4, 0.5) is 0 Å². The van der Waals surface area contributed by atoms with E-state index in [0.29, 0.717) is 0 Å². The molecule has 30 heavy (non-hydrogen) atoms. The van der Waals surface area contributed by atoms with Crippen LogP contribution >= 0.6 is 25.6 Å². The van der Waals surface area contributed by atoms with E-state index in [1.807, 2.05) is 0 Å². The first-order valence-corrected chi connectivity index (χ1v) is 17.3. The Labute approximate surface area is 202 Å². The van der Waals surface area contributed by atoms with Crippen LogP contribution in [0.25, 0.3) is 10.8 Å². The van der Waals surface area contributed by atoms with Gasteiger partial charge in [-0.15, -0.1) is 61.4 Å². The van der Waals surface area contributed by atoms with Crippen molar-refractivity contribution in [2.24, 2.45) is 5.41 Å². The fraction of sp³-hybridized carbons (Fsp3) is 0.269. The van der Waals surface area contributed by atoms with Crippen molar-refractivity contribution in [2.45, 2.75) is 41.5 Å². The van der Waals surface area contributed by atoms with Crippen LogP contribution in [-0.4, -0.2) is 0 Å². The molecule has 1 unspecified atom stereocenters. The van der Waals surface area contributed by atoms with Crippen LogP contribution in [0.2, 0.25) is 0 Å². The Balaban J connectivity index is 0.000000210. The molecule has 0 saturated carbocycles. The number of hydrogen-bond acceptors (Lipinski definition) is 0. The average Bonchev–Trinajstić information content (AvgIpc) is 3.12. The van der Waals surface area contributed by atoms with Crippen molar-refractivity contribution in [1.29, 1.82) is 0 Å². The van der Waals surface area contributed by atoms with Gasteiger partial charge in [-0.3, -0.25) is 6.08 Å². The van der Waals surface area contributed by atoms with Gasteiger partial charge in [0.1, 0.15) is 0 Å². The summed E-state index contributed by atoms with van der Waals surface area (Å²) in [4.78, 5) is 0. The van der Waals surface area contributed by atoms with E-state index < -0.39 is 20.8 Å². The minimum absolute atomic E-state index is 0.189. The number of aryl methyl sites for hydroxylation is 1. The summed E-state index contributed by atoms with van der Waals surface area (Å²) in [5.74, 6) is 0. The molecule has 0 fully saturated rings. The molecule has 1 aliphatic rings. The van der Waals surface area contributed by atoms with Crippen molar-refractivity contribution in [3.05, 3.63) is 89.0 Å². The fourth-order valence-corrected chi connectivity index (χ4v) is 4.89. The molecule has 0 radical (unpaired) electrons. The molecule has 0 N–H and O–H groups in total. The van der Waals surface area contributed by atoms with Gasteiger partial charge in [0.2, 0.25) is 0 Å². The molecule has 4 heteroatoms. The molecule has 0 heterocycles. The first-order chi connectivity index (χ1) is 14.2. The van der Waals surface area contributed by atoms with Gasteiger partial charge in [0.25, 0.3) is 0 Å². The fourth-order valence-electron chi connectivity index (χ4n) is 3.61. The molecule has 0 aromatic heterocycles. The molecular formula is C26H29Cl2PZr. The molecule has 0 spiro atoms. The Bertz CT molecular complexity index is 1030. The Kier molecular flexibility index (Phi) is 10.2. The van der Waals surface area contributed by atoms with E-state index in [1.165, 1.54) is 43.7 Å². The predicted molar refractivity (Wildman–Crippen MR) is 135 cm³/mol. The summed E-state index contributed by atoms with van der Waals surface area (Å²) < 4.78 is 0. The standard InChI is InChI=1S/C16H14P.C10H15.2ClH.Zr/c1-12-11-13-7-5-6-10-15(13)16(12)17-14-8-3-2-4-9-14;1-7-6-10(4,5)9(3)8(7)2;;;/h2-11,17H,1H3;1-5H3;2*1H;/q2*-1;;;+4/p-2. The van der Waals surface area contributed by atoms with Crippen molar-refractivity contribution in [3.8, 4) is 0 Å². The van der Waals surface area contributed by atoms with E-state index in [4.69, 9.17) is 17.0 Å². The number of allylic oxidation sites excluding steroid dienone is 4. The number of benzene rings is 2. The molecule has 0 bridgehead atoms. The summed E-state index contributed by atoms with van der Waals surface area (Å²) >= 11 is -0.826. The van der Waals surface area contributed by atoms with Crippen LogP contribution in [-0.2, 0) is 20.8 Å².